The van der Waals surface area contributed by atoms with Gasteiger partial charge in [-0.2, -0.15) is 0 Å². The van der Waals surface area contributed by atoms with E-state index in [9.17, 15) is 9.18 Å². The number of carbonyl (C=O) groups excluding carboxylic acids is 1. The Morgan fingerprint density at radius 3 is 2.79 bits per heavy atom. The van der Waals surface area contributed by atoms with Crippen LogP contribution < -0.4 is 4.74 Å². The smallest absolute Gasteiger partial charge is 0.260 e. The summed E-state index contributed by atoms with van der Waals surface area (Å²) in [6, 6.07) is 5.72. The van der Waals surface area contributed by atoms with Crippen molar-refractivity contribution >= 4 is 5.91 Å². The summed E-state index contributed by atoms with van der Waals surface area (Å²) in [5.41, 5.74) is 0. The zero-order valence-corrected chi connectivity index (χ0v) is 11.3. The number of carbonyl (C=O) groups is 1. The molecule has 4 nitrogen and oxygen atoms in total. The van der Waals surface area contributed by atoms with E-state index in [1.54, 1.807) is 11.0 Å². The molecule has 1 amide bonds. The quantitative estimate of drug-likeness (QED) is 0.821. The molecule has 0 fully saturated rings. The van der Waals surface area contributed by atoms with Gasteiger partial charge in [0.05, 0.1) is 0 Å². The molecule has 0 saturated heterocycles. The van der Waals surface area contributed by atoms with Gasteiger partial charge >= 0.3 is 0 Å². The lowest BCUT2D eigenvalue weighted by Crippen LogP contribution is -2.40. The number of benzene rings is 1. The van der Waals surface area contributed by atoms with Crippen LogP contribution in [0.1, 0.15) is 20.3 Å². The molecular weight excluding hydrogens is 249 g/mol. The van der Waals surface area contributed by atoms with Crippen LogP contribution in [-0.2, 0) is 4.79 Å². The molecule has 1 N–H and O–H groups in total. The van der Waals surface area contributed by atoms with E-state index in [-0.39, 0.29) is 25.2 Å². The summed E-state index contributed by atoms with van der Waals surface area (Å²) in [4.78, 5) is 13.6. The molecule has 0 bridgehead atoms. The van der Waals surface area contributed by atoms with Crippen LogP contribution in [0.2, 0.25) is 0 Å². The van der Waals surface area contributed by atoms with Crippen LogP contribution in [0.25, 0.3) is 0 Å². The van der Waals surface area contributed by atoms with Crippen molar-refractivity contribution < 1.29 is 19.0 Å². The van der Waals surface area contributed by atoms with E-state index in [1.165, 1.54) is 18.2 Å². The number of nitrogens with zero attached hydrogens (tertiary/aromatic N) is 1. The predicted octanol–water partition coefficient (Wildman–Crippen LogP) is 1.82. The molecule has 1 aromatic rings. The first-order chi connectivity index (χ1) is 9.04. The minimum Gasteiger partial charge on any atom is -0.484 e. The van der Waals surface area contributed by atoms with Crippen LogP contribution in [0.15, 0.2) is 24.3 Å². The topological polar surface area (TPSA) is 49.8 Å². The van der Waals surface area contributed by atoms with E-state index in [0.717, 1.165) is 0 Å². The molecule has 0 aromatic heterocycles. The van der Waals surface area contributed by atoms with Crippen LogP contribution in [0.5, 0.6) is 5.75 Å². The monoisotopic (exact) mass is 269 g/mol. The lowest BCUT2D eigenvalue weighted by atomic mass is 10.3. The highest BCUT2D eigenvalue weighted by atomic mass is 19.1. The van der Waals surface area contributed by atoms with Crippen molar-refractivity contribution in [2.75, 3.05) is 19.8 Å². The van der Waals surface area contributed by atoms with Crippen LogP contribution >= 0.6 is 0 Å². The van der Waals surface area contributed by atoms with Gasteiger partial charge in [0, 0.05) is 25.3 Å². The Balaban J connectivity index is 2.52. The third-order valence-corrected chi connectivity index (χ3v) is 2.66. The van der Waals surface area contributed by atoms with Gasteiger partial charge in [-0.25, -0.2) is 4.39 Å². The van der Waals surface area contributed by atoms with Crippen molar-refractivity contribution in [2.24, 2.45) is 0 Å². The standard InChI is InChI=1S/C14H20FNO3/c1-11(2)16(7-4-8-17)14(18)10-19-13-6-3-5-12(15)9-13/h3,5-6,9,11,17H,4,7-8,10H2,1-2H3. The van der Waals surface area contributed by atoms with Gasteiger partial charge < -0.3 is 14.7 Å². The summed E-state index contributed by atoms with van der Waals surface area (Å²) >= 11 is 0. The SMILES string of the molecule is CC(C)N(CCCO)C(=O)COc1cccc(F)c1. The van der Waals surface area contributed by atoms with E-state index in [0.29, 0.717) is 18.7 Å². The fraction of sp³-hybridized carbons (Fsp3) is 0.500. The molecular formula is C14H20FNO3. The molecule has 0 spiro atoms. The van der Waals surface area contributed by atoms with Crippen molar-refractivity contribution in [3.05, 3.63) is 30.1 Å². The summed E-state index contributed by atoms with van der Waals surface area (Å²) in [5, 5.41) is 8.81. The number of halogens is 1. The number of rotatable bonds is 7. The predicted molar refractivity (Wildman–Crippen MR) is 70.4 cm³/mol. The summed E-state index contributed by atoms with van der Waals surface area (Å²) in [6.45, 7) is 4.20. The first-order valence-corrected chi connectivity index (χ1v) is 6.33. The largest absolute Gasteiger partial charge is 0.484 e. The van der Waals surface area contributed by atoms with Crippen molar-refractivity contribution in [1.29, 1.82) is 0 Å². The van der Waals surface area contributed by atoms with Gasteiger partial charge in [-0.15, -0.1) is 0 Å². The van der Waals surface area contributed by atoms with Crippen LogP contribution in [0.3, 0.4) is 0 Å². The summed E-state index contributed by atoms with van der Waals surface area (Å²) < 4.78 is 18.2. The van der Waals surface area contributed by atoms with E-state index in [1.807, 2.05) is 13.8 Å². The molecule has 0 atom stereocenters. The number of amides is 1. The summed E-state index contributed by atoms with van der Waals surface area (Å²) in [5.74, 6) is -0.238. The second-order valence-electron chi connectivity index (χ2n) is 4.50. The highest BCUT2D eigenvalue weighted by Crippen LogP contribution is 2.12. The maximum atomic E-state index is 12.9. The Labute approximate surface area is 112 Å². The number of hydrogen-bond acceptors (Lipinski definition) is 3. The molecule has 0 aliphatic heterocycles. The molecule has 1 aromatic carbocycles. The van der Waals surface area contributed by atoms with Gasteiger partial charge in [-0.3, -0.25) is 4.79 Å². The lowest BCUT2D eigenvalue weighted by molar-refractivity contribution is -0.135. The zero-order chi connectivity index (χ0) is 14.3. The van der Waals surface area contributed by atoms with Gasteiger partial charge in [0.1, 0.15) is 11.6 Å². The fourth-order valence-corrected chi connectivity index (χ4v) is 1.70. The van der Waals surface area contributed by atoms with Gasteiger partial charge in [0.15, 0.2) is 6.61 Å². The minimum atomic E-state index is -0.397. The number of aliphatic hydroxyl groups excluding tert-OH is 1. The number of aliphatic hydroxyl groups is 1. The first-order valence-electron chi connectivity index (χ1n) is 6.33. The minimum absolute atomic E-state index is 0.0372. The molecule has 0 aliphatic rings. The molecule has 0 radical (unpaired) electrons. The average Bonchev–Trinajstić information content (AvgIpc) is 2.36. The highest BCUT2D eigenvalue weighted by Gasteiger charge is 2.16. The number of ether oxygens (including phenoxy) is 1. The van der Waals surface area contributed by atoms with E-state index in [4.69, 9.17) is 9.84 Å². The zero-order valence-electron chi connectivity index (χ0n) is 11.3. The lowest BCUT2D eigenvalue weighted by Gasteiger charge is -2.26. The number of hydrogen-bond donors (Lipinski definition) is 1. The Morgan fingerprint density at radius 2 is 2.21 bits per heavy atom. The molecule has 106 valence electrons. The Morgan fingerprint density at radius 1 is 1.47 bits per heavy atom. The summed E-state index contributed by atoms with van der Waals surface area (Å²) in [7, 11) is 0. The second-order valence-corrected chi connectivity index (χ2v) is 4.50. The van der Waals surface area contributed by atoms with E-state index < -0.39 is 5.82 Å². The third kappa shape index (κ3) is 5.26. The van der Waals surface area contributed by atoms with Crippen LogP contribution in [0, 0.1) is 5.82 Å². The van der Waals surface area contributed by atoms with Gasteiger partial charge in [-0.1, -0.05) is 6.07 Å². The third-order valence-electron chi connectivity index (χ3n) is 2.66. The second kappa shape index (κ2) is 7.74. The molecule has 19 heavy (non-hydrogen) atoms. The van der Waals surface area contributed by atoms with Gasteiger partial charge in [0.2, 0.25) is 0 Å². The van der Waals surface area contributed by atoms with Crippen molar-refractivity contribution in [3.63, 3.8) is 0 Å². The molecule has 1 rings (SSSR count). The molecule has 0 heterocycles. The fourth-order valence-electron chi connectivity index (χ4n) is 1.70. The van der Waals surface area contributed by atoms with E-state index in [2.05, 4.69) is 0 Å². The molecule has 5 heteroatoms. The van der Waals surface area contributed by atoms with Crippen molar-refractivity contribution in [1.82, 2.24) is 4.90 Å². The maximum absolute atomic E-state index is 12.9. The van der Waals surface area contributed by atoms with Gasteiger partial charge in [0.25, 0.3) is 5.91 Å². The molecule has 0 saturated carbocycles. The Bertz CT molecular complexity index is 409. The van der Waals surface area contributed by atoms with Crippen LogP contribution in [-0.4, -0.2) is 41.7 Å². The van der Waals surface area contributed by atoms with Crippen LogP contribution in [0.4, 0.5) is 4.39 Å². The molecule has 0 aliphatic carbocycles. The van der Waals surface area contributed by atoms with E-state index >= 15 is 0 Å². The normalized spacial score (nSPS) is 10.6. The highest BCUT2D eigenvalue weighted by molar-refractivity contribution is 5.78. The molecule has 0 unspecified atom stereocenters. The Kier molecular flexibility index (Phi) is 6.29. The Hall–Kier alpha value is -1.62. The first kappa shape index (κ1) is 15.4. The average molecular weight is 269 g/mol. The van der Waals surface area contributed by atoms with Crippen molar-refractivity contribution in [2.45, 2.75) is 26.3 Å². The summed E-state index contributed by atoms with van der Waals surface area (Å²) in [6.07, 6.45) is 0.532. The van der Waals surface area contributed by atoms with Crippen molar-refractivity contribution in [3.8, 4) is 5.75 Å². The van der Waals surface area contributed by atoms with Gasteiger partial charge in [-0.05, 0) is 32.4 Å². The maximum Gasteiger partial charge on any atom is 0.260 e.